The van der Waals surface area contributed by atoms with Crippen molar-refractivity contribution in [2.45, 2.75) is 44.8 Å². The first-order valence-electron chi connectivity index (χ1n) is 10.5. The topological polar surface area (TPSA) is 134 Å². The Labute approximate surface area is 187 Å². The monoisotopic (exact) mass is 436 g/mol. The molecule has 0 aliphatic rings. The predicted molar refractivity (Wildman–Crippen MR) is 119 cm³/mol. The van der Waals surface area contributed by atoms with E-state index in [0.29, 0.717) is 24.9 Å². The molecule has 0 spiro atoms. The highest BCUT2D eigenvalue weighted by Gasteiger charge is 2.18. The zero-order valence-corrected chi connectivity index (χ0v) is 17.9. The number of alkyl carbamates (subject to hydrolysis) is 1. The van der Waals surface area contributed by atoms with E-state index in [1.165, 1.54) is 0 Å². The number of unbranched alkanes of at least 4 members (excludes halogenated alkanes) is 2. The van der Waals surface area contributed by atoms with Gasteiger partial charge in [-0.25, -0.2) is 4.79 Å². The molecule has 168 valence electrons. The molecule has 4 N–H and O–H groups in total. The molecule has 3 amide bonds. The SMILES string of the molecule is N#Cc1ccc(C[C@@H](NC(=O)CCCCCNC(=O)OCc2ccccc2)C(N)=O)cc1. The molecule has 0 aromatic heterocycles. The van der Waals surface area contributed by atoms with Gasteiger partial charge in [-0.05, 0) is 36.1 Å². The van der Waals surface area contributed by atoms with Gasteiger partial charge in [0.2, 0.25) is 11.8 Å². The third-order valence-corrected chi connectivity index (χ3v) is 4.76. The van der Waals surface area contributed by atoms with Gasteiger partial charge in [0, 0.05) is 19.4 Å². The van der Waals surface area contributed by atoms with Crippen molar-refractivity contribution >= 4 is 17.9 Å². The number of ether oxygens (including phenoxy) is 1. The van der Waals surface area contributed by atoms with E-state index in [1.807, 2.05) is 36.4 Å². The fraction of sp³-hybridized carbons (Fsp3) is 0.333. The second kappa shape index (κ2) is 13.4. The molecule has 0 bridgehead atoms. The molecule has 8 heteroatoms. The zero-order valence-electron chi connectivity index (χ0n) is 17.9. The average Bonchev–Trinajstić information content (AvgIpc) is 2.80. The van der Waals surface area contributed by atoms with Crippen LogP contribution < -0.4 is 16.4 Å². The molecule has 2 rings (SSSR count). The number of nitrogens with two attached hydrogens (primary N) is 1. The Balaban J connectivity index is 1.59. The van der Waals surface area contributed by atoms with E-state index in [2.05, 4.69) is 10.6 Å². The third kappa shape index (κ3) is 9.30. The highest BCUT2D eigenvalue weighted by molar-refractivity contribution is 5.86. The second-order valence-electron chi connectivity index (χ2n) is 7.33. The molecule has 0 aliphatic carbocycles. The number of nitriles is 1. The van der Waals surface area contributed by atoms with Gasteiger partial charge in [-0.3, -0.25) is 9.59 Å². The first kappa shape index (κ1) is 24.4. The second-order valence-corrected chi connectivity index (χ2v) is 7.33. The van der Waals surface area contributed by atoms with Crippen LogP contribution in [0.5, 0.6) is 0 Å². The van der Waals surface area contributed by atoms with Crippen molar-refractivity contribution in [1.82, 2.24) is 10.6 Å². The number of primary amides is 1. The number of rotatable bonds is 12. The fourth-order valence-corrected chi connectivity index (χ4v) is 2.99. The Bertz CT molecular complexity index is 923. The molecular formula is C24H28N4O4. The van der Waals surface area contributed by atoms with Crippen LogP contribution >= 0.6 is 0 Å². The summed E-state index contributed by atoms with van der Waals surface area (Å²) in [4.78, 5) is 35.5. The normalized spacial score (nSPS) is 11.1. The van der Waals surface area contributed by atoms with Crippen LogP contribution in [0.1, 0.15) is 42.4 Å². The number of nitrogens with zero attached hydrogens (tertiary/aromatic N) is 1. The number of carbonyl (C=O) groups is 3. The van der Waals surface area contributed by atoms with Crippen molar-refractivity contribution in [3.05, 3.63) is 71.3 Å². The Kier molecular flexibility index (Phi) is 10.3. The summed E-state index contributed by atoms with van der Waals surface area (Å²) in [7, 11) is 0. The Morgan fingerprint density at radius 3 is 2.34 bits per heavy atom. The minimum Gasteiger partial charge on any atom is -0.445 e. The summed E-state index contributed by atoms with van der Waals surface area (Å²) in [5, 5.41) is 14.2. The van der Waals surface area contributed by atoms with E-state index in [-0.39, 0.29) is 25.4 Å². The van der Waals surface area contributed by atoms with E-state index in [1.54, 1.807) is 24.3 Å². The van der Waals surface area contributed by atoms with E-state index >= 15 is 0 Å². The molecule has 0 saturated carbocycles. The minimum absolute atomic E-state index is 0.219. The number of hydrogen-bond acceptors (Lipinski definition) is 5. The minimum atomic E-state index is -0.809. The predicted octanol–water partition coefficient (Wildman–Crippen LogP) is 2.56. The number of benzene rings is 2. The highest BCUT2D eigenvalue weighted by Crippen LogP contribution is 2.07. The van der Waals surface area contributed by atoms with Gasteiger partial charge in [0.1, 0.15) is 12.6 Å². The van der Waals surface area contributed by atoms with Gasteiger partial charge < -0.3 is 21.1 Å². The Morgan fingerprint density at radius 2 is 1.69 bits per heavy atom. The molecule has 8 nitrogen and oxygen atoms in total. The Morgan fingerprint density at radius 1 is 0.969 bits per heavy atom. The largest absolute Gasteiger partial charge is 0.445 e. The van der Waals surface area contributed by atoms with Gasteiger partial charge in [0.05, 0.1) is 11.6 Å². The number of nitrogens with one attached hydrogen (secondary N) is 2. The molecule has 0 heterocycles. The highest BCUT2D eigenvalue weighted by atomic mass is 16.5. The van der Waals surface area contributed by atoms with E-state index in [0.717, 1.165) is 17.5 Å². The van der Waals surface area contributed by atoms with Crippen molar-refractivity contribution in [2.75, 3.05) is 6.54 Å². The van der Waals surface area contributed by atoms with E-state index in [4.69, 9.17) is 15.7 Å². The van der Waals surface area contributed by atoms with Crippen molar-refractivity contribution in [2.24, 2.45) is 5.73 Å². The standard InChI is InChI=1S/C24H28N4O4/c25-16-19-12-10-18(11-13-19)15-21(23(26)30)28-22(29)9-5-2-6-14-27-24(31)32-17-20-7-3-1-4-8-20/h1,3-4,7-8,10-13,21H,2,5-6,9,14-15,17H2,(H2,26,30)(H,27,31)(H,28,29)/t21-/m1/s1. The summed E-state index contributed by atoms with van der Waals surface area (Å²) in [5.41, 5.74) is 7.66. The average molecular weight is 437 g/mol. The smallest absolute Gasteiger partial charge is 0.407 e. The maximum absolute atomic E-state index is 12.2. The van der Waals surface area contributed by atoms with Gasteiger partial charge in [-0.15, -0.1) is 0 Å². The fourth-order valence-electron chi connectivity index (χ4n) is 2.99. The van der Waals surface area contributed by atoms with Crippen molar-refractivity contribution < 1.29 is 19.1 Å². The van der Waals surface area contributed by atoms with Crippen LogP contribution in [0.2, 0.25) is 0 Å². The van der Waals surface area contributed by atoms with Crippen LogP contribution in [0.4, 0.5) is 4.79 Å². The first-order valence-corrected chi connectivity index (χ1v) is 10.5. The molecular weight excluding hydrogens is 408 g/mol. The molecule has 0 saturated heterocycles. The van der Waals surface area contributed by atoms with Gasteiger partial charge in [0.25, 0.3) is 0 Å². The molecule has 0 radical (unpaired) electrons. The van der Waals surface area contributed by atoms with Gasteiger partial charge >= 0.3 is 6.09 Å². The quantitative estimate of drug-likeness (QED) is 0.440. The lowest BCUT2D eigenvalue weighted by atomic mass is 10.0. The molecule has 0 aliphatic heterocycles. The summed E-state index contributed by atoms with van der Waals surface area (Å²) < 4.78 is 5.13. The molecule has 32 heavy (non-hydrogen) atoms. The van der Waals surface area contributed by atoms with Crippen LogP contribution in [0.25, 0.3) is 0 Å². The van der Waals surface area contributed by atoms with Crippen LogP contribution in [-0.2, 0) is 27.4 Å². The molecule has 2 aromatic rings. The van der Waals surface area contributed by atoms with Crippen LogP contribution in [0.15, 0.2) is 54.6 Å². The van der Waals surface area contributed by atoms with Crippen molar-refractivity contribution in [3.63, 3.8) is 0 Å². The maximum Gasteiger partial charge on any atom is 0.407 e. The summed E-state index contributed by atoms with van der Waals surface area (Å²) in [6, 6.07) is 17.4. The molecule has 2 aromatic carbocycles. The summed E-state index contributed by atoms with van der Waals surface area (Å²) >= 11 is 0. The zero-order chi connectivity index (χ0) is 23.2. The lowest BCUT2D eigenvalue weighted by Crippen LogP contribution is -2.45. The first-order chi connectivity index (χ1) is 15.5. The van der Waals surface area contributed by atoms with Crippen LogP contribution in [0, 0.1) is 11.3 Å². The van der Waals surface area contributed by atoms with Gasteiger partial charge in [0.15, 0.2) is 0 Å². The third-order valence-electron chi connectivity index (χ3n) is 4.76. The lowest BCUT2D eigenvalue weighted by molar-refractivity contribution is -0.127. The molecule has 0 fully saturated rings. The van der Waals surface area contributed by atoms with Crippen molar-refractivity contribution in [3.8, 4) is 6.07 Å². The summed E-state index contributed by atoms with van der Waals surface area (Å²) in [6.45, 7) is 0.675. The maximum atomic E-state index is 12.2. The summed E-state index contributed by atoms with van der Waals surface area (Å²) in [5.74, 6) is -0.862. The molecule has 0 unspecified atom stereocenters. The summed E-state index contributed by atoms with van der Waals surface area (Å²) in [6.07, 6.45) is 2.12. The molecule has 1 atom stereocenters. The van der Waals surface area contributed by atoms with E-state index in [9.17, 15) is 14.4 Å². The van der Waals surface area contributed by atoms with E-state index < -0.39 is 18.0 Å². The number of amides is 3. The number of hydrogen-bond donors (Lipinski definition) is 3. The lowest BCUT2D eigenvalue weighted by Gasteiger charge is -2.15. The Hall–Kier alpha value is -3.86. The number of carbonyl (C=O) groups excluding carboxylic acids is 3. The van der Waals surface area contributed by atoms with Crippen LogP contribution in [0.3, 0.4) is 0 Å². The van der Waals surface area contributed by atoms with Crippen LogP contribution in [-0.4, -0.2) is 30.5 Å². The van der Waals surface area contributed by atoms with Gasteiger partial charge in [-0.1, -0.05) is 48.9 Å². The van der Waals surface area contributed by atoms with Gasteiger partial charge in [-0.2, -0.15) is 5.26 Å². The van der Waals surface area contributed by atoms with Crippen molar-refractivity contribution in [1.29, 1.82) is 5.26 Å².